The van der Waals surface area contributed by atoms with E-state index in [0.717, 1.165) is 0 Å². The van der Waals surface area contributed by atoms with Crippen molar-refractivity contribution in [2.45, 2.75) is 19.8 Å². The van der Waals surface area contributed by atoms with Crippen LogP contribution in [0.1, 0.15) is 24.7 Å². The third kappa shape index (κ3) is 3.63. The molecular weight excluding hydrogens is 269 g/mol. The van der Waals surface area contributed by atoms with Crippen molar-refractivity contribution < 1.29 is 27.6 Å². The summed E-state index contributed by atoms with van der Waals surface area (Å²) in [5, 5.41) is 10.5. The first-order valence-corrected chi connectivity index (χ1v) is 5.14. The monoisotopic (exact) mass is 278 g/mol. The molecule has 0 radical (unpaired) electrons. The van der Waals surface area contributed by atoms with Gasteiger partial charge in [0.2, 0.25) is 5.82 Å². The molecule has 0 spiro atoms. The minimum atomic E-state index is -3.11. The molecule has 0 saturated heterocycles. The van der Waals surface area contributed by atoms with Crippen molar-refractivity contribution in [1.82, 2.24) is 4.98 Å². The fraction of sp³-hybridized carbons (Fsp3) is 0.400. The zero-order chi connectivity index (χ0) is 14.6. The molecule has 0 aliphatic carbocycles. The number of pyridine rings is 1. The summed E-state index contributed by atoms with van der Waals surface area (Å²) < 4.78 is 43.1. The number of esters is 1. The third-order valence-corrected chi connectivity index (χ3v) is 2.06. The van der Waals surface area contributed by atoms with Crippen molar-refractivity contribution in [2.75, 3.05) is 6.61 Å². The lowest BCUT2D eigenvalue weighted by atomic mass is 10.2. The van der Waals surface area contributed by atoms with Crippen molar-refractivity contribution in [3.63, 3.8) is 0 Å². The van der Waals surface area contributed by atoms with E-state index in [4.69, 9.17) is 0 Å². The largest absolute Gasteiger partial charge is 0.466 e. The Labute approximate surface area is 105 Å². The van der Waals surface area contributed by atoms with Crippen LogP contribution in [-0.4, -0.2) is 22.5 Å². The Morgan fingerprint density at radius 3 is 2.68 bits per heavy atom. The Morgan fingerprint density at radius 2 is 2.21 bits per heavy atom. The lowest BCUT2D eigenvalue weighted by molar-refractivity contribution is -0.387. The van der Waals surface area contributed by atoms with Crippen LogP contribution in [0.5, 0.6) is 0 Å². The predicted octanol–water partition coefficient (Wildman–Crippen LogP) is 2.17. The molecule has 0 N–H and O–H groups in total. The van der Waals surface area contributed by atoms with Crippen molar-refractivity contribution in [2.24, 2.45) is 0 Å². The molecule has 1 aromatic rings. The summed E-state index contributed by atoms with van der Waals surface area (Å²) in [5.41, 5.74) is -2.85. The van der Waals surface area contributed by atoms with Crippen molar-refractivity contribution in [3.8, 4) is 0 Å². The molecule has 6 nitrogen and oxygen atoms in total. The summed E-state index contributed by atoms with van der Waals surface area (Å²) in [6, 6.07) is 0.342. The molecule has 104 valence electrons. The summed E-state index contributed by atoms with van der Waals surface area (Å²) in [6.07, 6.45) is -3.86. The Balaban J connectivity index is 3.21. The average molecular weight is 278 g/mol. The van der Waals surface area contributed by atoms with E-state index < -0.39 is 46.6 Å². The lowest BCUT2D eigenvalue weighted by Gasteiger charge is -2.06. The van der Waals surface area contributed by atoms with Crippen LogP contribution in [0.25, 0.3) is 0 Å². The van der Waals surface area contributed by atoms with Crippen LogP contribution in [0.3, 0.4) is 0 Å². The van der Waals surface area contributed by atoms with Gasteiger partial charge in [-0.3, -0.25) is 14.9 Å². The van der Waals surface area contributed by atoms with Gasteiger partial charge in [-0.25, -0.2) is 13.8 Å². The Hall–Kier alpha value is -2.19. The highest BCUT2D eigenvalue weighted by molar-refractivity contribution is 5.72. The number of nitrogens with zero attached hydrogens (tertiary/aromatic N) is 2. The van der Waals surface area contributed by atoms with Crippen LogP contribution in [0.4, 0.5) is 18.9 Å². The van der Waals surface area contributed by atoms with E-state index in [1.54, 1.807) is 0 Å². The third-order valence-electron chi connectivity index (χ3n) is 2.06. The maximum atomic E-state index is 13.6. The molecule has 1 rings (SSSR count). The number of hydrogen-bond acceptors (Lipinski definition) is 5. The SMILES string of the molecule is CCOC(=O)Cc1nc(C(F)F)cc([N+](=O)[O-])c1F. The summed E-state index contributed by atoms with van der Waals surface area (Å²) in [4.78, 5) is 23.7. The van der Waals surface area contributed by atoms with Gasteiger partial charge in [-0.05, 0) is 6.92 Å². The second-order valence-corrected chi connectivity index (χ2v) is 3.37. The average Bonchev–Trinajstić information content (AvgIpc) is 2.31. The van der Waals surface area contributed by atoms with Gasteiger partial charge >= 0.3 is 11.7 Å². The van der Waals surface area contributed by atoms with Gasteiger partial charge in [-0.2, -0.15) is 4.39 Å². The number of aromatic nitrogens is 1. The van der Waals surface area contributed by atoms with Gasteiger partial charge in [0.05, 0.1) is 23.6 Å². The van der Waals surface area contributed by atoms with Crippen LogP contribution in [-0.2, 0) is 16.0 Å². The summed E-state index contributed by atoms with van der Waals surface area (Å²) in [7, 11) is 0. The second-order valence-electron chi connectivity index (χ2n) is 3.37. The van der Waals surface area contributed by atoms with Gasteiger partial charge in [0, 0.05) is 6.07 Å². The highest BCUT2D eigenvalue weighted by Gasteiger charge is 2.25. The highest BCUT2D eigenvalue weighted by atomic mass is 19.3. The molecule has 0 fully saturated rings. The number of carbonyl (C=O) groups is 1. The van der Waals surface area contributed by atoms with Crippen molar-refractivity contribution >= 4 is 11.7 Å². The number of nitro groups is 1. The number of ether oxygens (including phenoxy) is 1. The van der Waals surface area contributed by atoms with Gasteiger partial charge in [-0.15, -0.1) is 0 Å². The molecule has 1 aromatic heterocycles. The van der Waals surface area contributed by atoms with E-state index >= 15 is 0 Å². The van der Waals surface area contributed by atoms with E-state index in [2.05, 4.69) is 9.72 Å². The number of carbonyl (C=O) groups excluding carboxylic acids is 1. The number of hydrogen-bond donors (Lipinski definition) is 0. The normalized spacial score (nSPS) is 10.6. The summed E-state index contributed by atoms with van der Waals surface area (Å²) in [5.74, 6) is -2.32. The number of halogens is 3. The first-order valence-electron chi connectivity index (χ1n) is 5.14. The Bertz CT molecular complexity index is 508. The van der Waals surface area contributed by atoms with Gasteiger partial charge < -0.3 is 4.74 Å². The molecule has 0 saturated carbocycles. The molecule has 0 aliphatic rings. The quantitative estimate of drug-likeness (QED) is 0.468. The molecular formula is C10H9F3N2O4. The topological polar surface area (TPSA) is 82.3 Å². The van der Waals surface area contributed by atoms with Crippen molar-refractivity contribution in [3.05, 3.63) is 33.4 Å². The fourth-order valence-corrected chi connectivity index (χ4v) is 1.30. The standard InChI is InChI=1S/C10H9F3N2O4/c1-2-19-8(16)4-5-9(11)7(15(17)18)3-6(14-5)10(12)13/h3,10H,2,4H2,1H3. The van der Waals surface area contributed by atoms with E-state index in [-0.39, 0.29) is 6.61 Å². The van der Waals surface area contributed by atoms with Gasteiger partial charge in [0.1, 0.15) is 5.69 Å². The highest BCUT2D eigenvalue weighted by Crippen LogP contribution is 2.26. The molecule has 0 aromatic carbocycles. The van der Waals surface area contributed by atoms with Gasteiger partial charge in [0.25, 0.3) is 6.43 Å². The van der Waals surface area contributed by atoms with Crippen LogP contribution in [0.15, 0.2) is 6.07 Å². The second kappa shape index (κ2) is 6.12. The van der Waals surface area contributed by atoms with Gasteiger partial charge in [0.15, 0.2) is 0 Å². The lowest BCUT2D eigenvalue weighted by Crippen LogP contribution is -2.12. The fourth-order valence-electron chi connectivity index (χ4n) is 1.30. The van der Waals surface area contributed by atoms with E-state index in [1.165, 1.54) is 6.92 Å². The minimum absolute atomic E-state index is 0.0110. The van der Waals surface area contributed by atoms with Crippen LogP contribution in [0.2, 0.25) is 0 Å². The Morgan fingerprint density at radius 1 is 1.58 bits per heavy atom. The van der Waals surface area contributed by atoms with E-state index in [1.807, 2.05) is 0 Å². The van der Waals surface area contributed by atoms with Crippen LogP contribution >= 0.6 is 0 Å². The van der Waals surface area contributed by atoms with Crippen molar-refractivity contribution in [1.29, 1.82) is 0 Å². The zero-order valence-corrected chi connectivity index (χ0v) is 9.73. The molecule has 19 heavy (non-hydrogen) atoms. The molecule has 0 atom stereocenters. The number of rotatable bonds is 5. The van der Waals surface area contributed by atoms with Crippen LogP contribution < -0.4 is 0 Å². The first-order chi connectivity index (χ1) is 8.86. The summed E-state index contributed by atoms with van der Waals surface area (Å²) in [6.45, 7) is 1.51. The van der Waals surface area contributed by atoms with Gasteiger partial charge in [-0.1, -0.05) is 0 Å². The molecule has 9 heteroatoms. The number of alkyl halides is 2. The smallest absolute Gasteiger partial charge is 0.311 e. The first kappa shape index (κ1) is 14.9. The molecule has 0 amide bonds. The Kier molecular flexibility index (Phi) is 4.79. The maximum Gasteiger partial charge on any atom is 0.311 e. The van der Waals surface area contributed by atoms with Crippen LogP contribution in [0, 0.1) is 15.9 Å². The maximum absolute atomic E-state index is 13.6. The predicted molar refractivity (Wildman–Crippen MR) is 56.1 cm³/mol. The zero-order valence-electron chi connectivity index (χ0n) is 9.73. The van der Waals surface area contributed by atoms with E-state index in [9.17, 15) is 28.1 Å². The van der Waals surface area contributed by atoms with E-state index in [0.29, 0.717) is 6.07 Å². The minimum Gasteiger partial charge on any atom is -0.466 e. The molecule has 0 unspecified atom stereocenters. The molecule has 1 heterocycles. The molecule has 0 bridgehead atoms. The summed E-state index contributed by atoms with van der Waals surface area (Å²) >= 11 is 0. The molecule has 0 aliphatic heterocycles.